The van der Waals surface area contributed by atoms with Gasteiger partial charge in [0.15, 0.2) is 0 Å². The van der Waals surface area contributed by atoms with Crippen molar-refractivity contribution in [2.24, 2.45) is 0 Å². The molecule has 3 nitrogen and oxygen atoms in total. The average molecular weight is 398 g/mol. The van der Waals surface area contributed by atoms with Crippen LogP contribution in [0.3, 0.4) is 0 Å². The van der Waals surface area contributed by atoms with E-state index in [4.69, 9.17) is 23.2 Å². The Morgan fingerprint density at radius 3 is 2.04 bits per heavy atom. The Balaban J connectivity index is 1.71. The summed E-state index contributed by atoms with van der Waals surface area (Å²) in [5.41, 5.74) is 1.05. The van der Waals surface area contributed by atoms with E-state index in [2.05, 4.69) is 4.72 Å². The lowest BCUT2D eigenvalue weighted by Crippen LogP contribution is -2.22. The smallest absolute Gasteiger partial charge is 0.207 e. The van der Waals surface area contributed by atoms with Crippen LogP contribution >= 0.6 is 34.5 Å². The Morgan fingerprint density at radius 1 is 0.833 bits per heavy atom. The minimum atomic E-state index is -3.56. The van der Waals surface area contributed by atoms with Crippen molar-refractivity contribution in [2.45, 2.75) is 11.4 Å². The summed E-state index contributed by atoms with van der Waals surface area (Å²) in [6.07, 6.45) is 0. The van der Waals surface area contributed by atoms with Gasteiger partial charge in [0.05, 0.1) is 4.90 Å². The third-order valence-electron chi connectivity index (χ3n) is 3.35. The zero-order chi connectivity index (χ0) is 17.2. The van der Waals surface area contributed by atoms with Crippen molar-refractivity contribution in [3.05, 3.63) is 75.6 Å². The molecular formula is C17H13Cl2NO2S2. The molecule has 0 amide bonds. The molecule has 1 heterocycles. The molecule has 0 aliphatic rings. The first kappa shape index (κ1) is 17.5. The molecular weight excluding hydrogens is 385 g/mol. The Hall–Kier alpha value is -1.37. The average Bonchev–Trinajstić information content (AvgIpc) is 3.03. The minimum absolute atomic E-state index is 0.196. The molecule has 0 unspecified atom stereocenters. The highest BCUT2D eigenvalue weighted by Gasteiger charge is 2.14. The van der Waals surface area contributed by atoms with Gasteiger partial charge in [0.1, 0.15) is 0 Å². The van der Waals surface area contributed by atoms with Crippen LogP contribution < -0.4 is 4.72 Å². The second-order valence-corrected chi connectivity index (χ2v) is 8.86. The van der Waals surface area contributed by atoms with Gasteiger partial charge in [-0.3, -0.25) is 0 Å². The summed E-state index contributed by atoms with van der Waals surface area (Å²) in [5.74, 6) is 0. The molecule has 1 aromatic heterocycles. The largest absolute Gasteiger partial charge is 0.240 e. The van der Waals surface area contributed by atoms with Crippen LogP contribution in [0, 0.1) is 0 Å². The van der Waals surface area contributed by atoms with Crippen molar-refractivity contribution in [1.82, 2.24) is 4.72 Å². The molecule has 0 aliphatic carbocycles. The molecule has 124 valence electrons. The van der Waals surface area contributed by atoms with Gasteiger partial charge in [0.25, 0.3) is 0 Å². The molecule has 1 N–H and O–H groups in total. The van der Waals surface area contributed by atoms with Gasteiger partial charge < -0.3 is 0 Å². The Bertz CT molecular complexity index is 933. The van der Waals surface area contributed by atoms with Crippen LogP contribution in [-0.4, -0.2) is 8.42 Å². The number of rotatable bonds is 5. The number of nitrogens with one attached hydrogen (secondary N) is 1. The quantitative estimate of drug-likeness (QED) is 0.642. The lowest BCUT2D eigenvalue weighted by atomic mass is 10.2. The topological polar surface area (TPSA) is 46.2 Å². The van der Waals surface area contributed by atoms with Gasteiger partial charge in [0.2, 0.25) is 10.0 Å². The van der Waals surface area contributed by atoms with Gasteiger partial charge in [-0.15, -0.1) is 11.3 Å². The van der Waals surface area contributed by atoms with E-state index in [1.54, 1.807) is 12.1 Å². The summed E-state index contributed by atoms with van der Waals surface area (Å²) >= 11 is 13.2. The SMILES string of the molecule is O=S(=O)(NCc1ccc(-c2ccc(Cl)cc2)s1)c1ccc(Cl)cc1. The molecule has 0 aliphatic heterocycles. The van der Waals surface area contributed by atoms with E-state index in [1.807, 2.05) is 36.4 Å². The first-order valence-electron chi connectivity index (χ1n) is 7.04. The van der Waals surface area contributed by atoms with Crippen molar-refractivity contribution in [3.63, 3.8) is 0 Å². The van der Waals surface area contributed by atoms with E-state index in [0.717, 1.165) is 15.3 Å². The predicted octanol–water partition coefficient (Wildman–Crippen LogP) is 5.20. The number of benzene rings is 2. The van der Waals surface area contributed by atoms with Crippen LogP contribution in [0.1, 0.15) is 4.88 Å². The van der Waals surface area contributed by atoms with E-state index < -0.39 is 10.0 Å². The number of sulfonamides is 1. The molecule has 0 fully saturated rings. The van der Waals surface area contributed by atoms with Gasteiger partial charge in [0, 0.05) is 26.3 Å². The summed E-state index contributed by atoms with van der Waals surface area (Å²) in [5, 5.41) is 1.19. The summed E-state index contributed by atoms with van der Waals surface area (Å²) in [6.45, 7) is 0.239. The fourth-order valence-electron chi connectivity index (χ4n) is 2.11. The highest BCUT2D eigenvalue weighted by molar-refractivity contribution is 7.89. The summed E-state index contributed by atoms with van der Waals surface area (Å²) in [7, 11) is -3.56. The van der Waals surface area contributed by atoms with Crippen LogP contribution in [0.2, 0.25) is 10.0 Å². The van der Waals surface area contributed by atoms with Crippen LogP contribution in [0.4, 0.5) is 0 Å². The molecule has 0 spiro atoms. The van der Waals surface area contributed by atoms with Gasteiger partial charge in [-0.05, 0) is 54.1 Å². The fraction of sp³-hybridized carbons (Fsp3) is 0.0588. The minimum Gasteiger partial charge on any atom is -0.207 e. The third kappa shape index (κ3) is 4.18. The summed E-state index contributed by atoms with van der Waals surface area (Å²) in [4.78, 5) is 2.19. The highest BCUT2D eigenvalue weighted by Crippen LogP contribution is 2.29. The number of hydrogen-bond donors (Lipinski definition) is 1. The fourth-order valence-corrected chi connectivity index (χ4v) is 4.41. The molecule has 3 rings (SSSR count). The third-order valence-corrected chi connectivity index (χ3v) is 6.41. The van der Waals surface area contributed by atoms with Crippen molar-refractivity contribution in [1.29, 1.82) is 0 Å². The standard InChI is InChI=1S/C17H13Cl2NO2S2/c18-13-3-1-12(2-4-13)17-10-7-15(23-17)11-20-24(21,22)16-8-5-14(19)6-9-16/h1-10,20H,11H2. The Labute approximate surface area is 154 Å². The normalized spacial score (nSPS) is 11.6. The molecule has 3 aromatic rings. The van der Waals surface area contributed by atoms with Crippen molar-refractivity contribution >= 4 is 44.6 Å². The second kappa shape index (κ2) is 7.25. The van der Waals surface area contributed by atoms with Crippen LogP contribution in [-0.2, 0) is 16.6 Å². The molecule has 0 bridgehead atoms. The zero-order valence-electron chi connectivity index (χ0n) is 12.4. The van der Waals surface area contributed by atoms with Crippen molar-refractivity contribution < 1.29 is 8.42 Å². The maximum Gasteiger partial charge on any atom is 0.240 e. The Morgan fingerprint density at radius 2 is 1.42 bits per heavy atom. The maximum absolute atomic E-state index is 12.3. The molecule has 24 heavy (non-hydrogen) atoms. The summed E-state index contributed by atoms with van der Waals surface area (Å²) in [6, 6.07) is 17.5. The molecule has 0 atom stereocenters. The van der Waals surface area contributed by atoms with Gasteiger partial charge in [-0.25, -0.2) is 13.1 Å². The second-order valence-electron chi connectivity index (χ2n) is 5.05. The Kier molecular flexibility index (Phi) is 5.27. The first-order chi connectivity index (χ1) is 11.4. The van der Waals surface area contributed by atoms with E-state index in [9.17, 15) is 8.42 Å². The van der Waals surface area contributed by atoms with Crippen molar-refractivity contribution in [3.8, 4) is 10.4 Å². The zero-order valence-corrected chi connectivity index (χ0v) is 15.5. The maximum atomic E-state index is 12.3. The molecule has 7 heteroatoms. The molecule has 0 saturated heterocycles. The van der Waals surface area contributed by atoms with Crippen LogP contribution in [0.25, 0.3) is 10.4 Å². The van der Waals surface area contributed by atoms with Crippen molar-refractivity contribution in [2.75, 3.05) is 0 Å². The summed E-state index contributed by atoms with van der Waals surface area (Å²) < 4.78 is 27.1. The number of thiophene rings is 1. The van der Waals surface area contributed by atoms with Crippen LogP contribution in [0.5, 0.6) is 0 Å². The molecule has 0 radical (unpaired) electrons. The van der Waals surface area contributed by atoms with Gasteiger partial charge in [-0.2, -0.15) is 0 Å². The van der Waals surface area contributed by atoms with E-state index in [-0.39, 0.29) is 11.4 Å². The first-order valence-corrected chi connectivity index (χ1v) is 10.1. The lowest BCUT2D eigenvalue weighted by Gasteiger charge is -2.05. The predicted molar refractivity (Wildman–Crippen MR) is 100 cm³/mol. The lowest BCUT2D eigenvalue weighted by molar-refractivity contribution is 0.582. The van der Waals surface area contributed by atoms with Gasteiger partial charge >= 0.3 is 0 Å². The van der Waals surface area contributed by atoms with E-state index in [0.29, 0.717) is 10.0 Å². The number of halogens is 2. The van der Waals surface area contributed by atoms with Crippen LogP contribution in [0.15, 0.2) is 65.6 Å². The highest BCUT2D eigenvalue weighted by atomic mass is 35.5. The number of hydrogen-bond acceptors (Lipinski definition) is 3. The molecule has 0 saturated carbocycles. The van der Waals surface area contributed by atoms with E-state index >= 15 is 0 Å². The molecule has 2 aromatic carbocycles. The van der Waals surface area contributed by atoms with E-state index in [1.165, 1.54) is 23.5 Å². The monoisotopic (exact) mass is 397 g/mol. The van der Waals surface area contributed by atoms with Gasteiger partial charge in [-0.1, -0.05) is 35.3 Å².